The number of hydrogen-bond donors (Lipinski definition) is 3. The molecular weight excluding hydrogens is 290 g/mol. The predicted octanol–water partition coefficient (Wildman–Crippen LogP) is -1.16. The van der Waals surface area contributed by atoms with Crippen LogP contribution in [0.1, 0.15) is 19.3 Å². The molecule has 0 aromatic rings. The number of sulfonamides is 2. The summed E-state index contributed by atoms with van der Waals surface area (Å²) in [5.74, 6) is 0.572. The molecule has 0 amide bonds. The minimum Gasteiger partial charge on any atom is -0.317 e. The van der Waals surface area contributed by atoms with Crippen LogP contribution in [0.15, 0.2) is 0 Å². The third-order valence-electron chi connectivity index (χ3n) is 3.06. The van der Waals surface area contributed by atoms with E-state index in [1.54, 1.807) is 0 Å². The molecule has 1 fully saturated rings. The lowest BCUT2D eigenvalue weighted by molar-refractivity contribution is 0.365. The van der Waals surface area contributed by atoms with Gasteiger partial charge >= 0.3 is 0 Å². The summed E-state index contributed by atoms with van der Waals surface area (Å²) >= 11 is 0. The zero-order valence-electron chi connectivity index (χ0n) is 11.2. The highest BCUT2D eigenvalue weighted by Crippen LogP contribution is 2.16. The zero-order valence-corrected chi connectivity index (χ0v) is 12.8. The molecule has 0 atom stereocenters. The molecule has 0 radical (unpaired) electrons. The van der Waals surface area contributed by atoms with Gasteiger partial charge in [0.2, 0.25) is 20.0 Å². The fourth-order valence-electron chi connectivity index (χ4n) is 2.01. The maximum absolute atomic E-state index is 11.7. The van der Waals surface area contributed by atoms with Gasteiger partial charge in [-0.05, 0) is 38.3 Å². The van der Waals surface area contributed by atoms with Crippen molar-refractivity contribution in [3.63, 3.8) is 0 Å². The summed E-state index contributed by atoms with van der Waals surface area (Å²) in [6.45, 7) is 2.07. The third-order valence-corrected chi connectivity index (χ3v) is 5.21. The Kier molecular flexibility index (Phi) is 6.67. The molecule has 0 spiro atoms. The smallest absolute Gasteiger partial charge is 0.211 e. The quantitative estimate of drug-likeness (QED) is 0.491. The maximum atomic E-state index is 11.7. The summed E-state index contributed by atoms with van der Waals surface area (Å²) in [6.07, 6.45) is 3.74. The molecule has 114 valence electrons. The lowest BCUT2D eigenvalue weighted by Crippen LogP contribution is -2.36. The highest BCUT2D eigenvalue weighted by Gasteiger charge is 2.17. The van der Waals surface area contributed by atoms with Crippen LogP contribution in [0.25, 0.3) is 0 Å². The van der Waals surface area contributed by atoms with E-state index in [1.165, 1.54) is 0 Å². The lowest BCUT2D eigenvalue weighted by atomic mass is 9.96. The molecular formula is C10H23N3O4S2. The molecule has 0 saturated carbocycles. The number of nitrogens with one attached hydrogen (secondary N) is 3. The number of piperidine rings is 1. The molecule has 1 aliphatic heterocycles. The standard InChI is InChI=1S/C10H23N3O4S2/c1-18(14,15)12-7-8-13-19(16,17)9-4-10-2-5-11-6-3-10/h10-13H,2-9H2,1H3. The van der Waals surface area contributed by atoms with Gasteiger partial charge in [0, 0.05) is 13.1 Å². The van der Waals surface area contributed by atoms with Gasteiger partial charge in [-0.2, -0.15) is 0 Å². The lowest BCUT2D eigenvalue weighted by Gasteiger charge is -2.22. The van der Waals surface area contributed by atoms with Crippen molar-refractivity contribution in [1.29, 1.82) is 0 Å². The van der Waals surface area contributed by atoms with E-state index < -0.39 is 20.0 Å². The minimum absolute atomic E-state index is 0.0748. The van der Waals surface area contributed by atoms with Crippen molar-refractivity contribution in [2.45, 2.75) is 19.3 Å². The molecule has 0 aliphatic carbocycles. The molecule has 0 unspecified atom stereocenters. The number of hydrogen-bond acceptors (Lipinski definition) is 5. The molecule has 9 heteroatoms. The van der Waals surface area contributed by atoms with Crippen LogP contribution in [0.4, 0.5) is 0 Å². The van der Waals surface area contributed by atoms with Crippen LogP contribution >= 0.6 is 0 Å². The average molecular weight is 313 g/mol. The van der Waals surface area contributed by atoms with Crippen molar-refractivity contribution in [3.05, 3.63) is 0 Å². The highest BCUT2D eigenvalue weighted by molar-refractivity contribution is 7.89. The van der Waals surface area contributed by atoms with Gasteiger partial charge in [0.15, 0.2) is 0 Å². The van der Waals surface area contributed by atoms with E-state index in [9.17, 15) is 16.8 Å². The normalized spacial score (nSPS) is 18.6. The average Bonchev–Trinajstić information content (AvgIpc) is 2.33. The largest absolute Gasteiger partial charge is 0.317 e. The second kappa shape index (κ2) is 7.53. The summed E-state index contributed by atoms with van der Waals surface area (Å²) in [5.41, 5.74) is 0. The second-order valence-corrected chi connectivity index (χ2v) is 8.62. The van der Waals surface area contributed by atoms with E-state index >= 15 is 0 Å². The van der Waals surface area contributed by atoms with Crippen molar-refractivity contribution >= 4 is 20.0 Å². The topological polar surface area (TPSA) is 104 Å². The molecule has 19 heavy (non-hydrogen) atoms. The Balaban J connectivity index is 2.20. The Hall–Kier alpha value is -0.220. The Bertz CT molecular complexity index is 455. The molecule has 1 saturated heterocycles. The van der Waals surface area contributed by atoms with Gasteiger partial charge in [0.05, 0.1) is 12.0 Å². The van der Waals surface area contributed by atoms with Crippen molar-refractivity contribution in [2.75, 3.05) is 38.2 Å². The van der Waals surface area contributed by atoms with Gasteiger partial charge in [-0.25, -0.2) is 26.3 Å². The van der Waals surface area contributed by atoms with Gasteiger partial charge in [0.1, 0.15) is 0 Å². The Labute approximate surface area is 115 Å². The van der Waals surface area contributed by atoms with E-state index in [1.807, 2.05) is 0 Å². The van der Waals surface area contributed by atoms with E-state index in [2.05, 4.69) is 14.8 Å². The molecule has 0 aromatic heterocycles. The van der Waals surface area contributed by atoms with Crippen molar-refractivity contribution in [2.24, 2.45) is 5.92 Å². The maximum Gasteiger partial charge on any atom is 0.211 e. The van der Waals surface area contributed by atoms with Crippen LogP contribution < -0.4 is 14.8 Å². The van der Waals surface area contributed by atoms with E-state index in [4.69, 9.17) is 0 Å². The molecule has 1 aliphatic rings. The summed E-state index contributed by atoms with van der Waals surface area (Å²) in [6, 6.07) is 0. The van der Waals surface area contributed by atoms with Crippen molar-refractivity contribution in [1.82, 2.24) is 14.8 Å². The predicted molar refractivity (Wildman–Crippen MR) is 74.8 cm³/mol. The molecule has 7 nitrogen and oxygen atoms in total. The minimum atomic E-state index is -3.30. The van der Waals surface area contributed by atoms with Gasteiger partial charge in [-0.15, -0.1) is 0 Å². The molecule has 3 N–H and O–H groups in total. The zero-order chi connectivity index (χ0) is 14.4. The van der Waals surface area contributed by atoms with Crippen LogP contribution in [-0.4, -0.2) is 55.0 Å². The highest BCUT2D eigenvalue weighted by atomic mass is 32.2. The Morgan fingerprint density at radius 1 is 1.05 bits per heavy atom. The first-order chi connectivity index (χ1) is 8.79. The Morgan fingerprint density at radius 2 is 1.63 bits per heavy atom. The van der Waals surface area contributed by atoms with E-state index in [-0.39, 0.29) is 18.8 Å². The van der Waals surface area contributed by atoms with E-state index in [0.29, 0.717) is 12.3 Å². The van der Waals surface area contributed by atoms with Crippen LogP contribution in [-0.2, 0) is 20.0 Å². The SMILES string of the molecule is CS(=O)(=O)NCCNS(=O)(=O)CCC1CCNCC1. The molecule has 0 bridgehead atoms. The summed E-state index contributed by atoms with van der Waals surface area (Å²) in [7, 11) is -6.57. The first-order valence-electron chi connectivity index (χ1n) is 6.41. The fourth-order valence-corrected chi connectivity index (χ4v) is 3.68. The van der Waals surface area contributed by atoms with Crippen LogP contribution in [0.3, 0.4) is 0 Å². The Morgan fingerprint density at radius 3 is 2.21 bits per heavy atom. The third kappa shape index (κ3) is 8.53. The molecule has 1 rings (SSSR count). The van der Waals surface area contributed by atoms with Gasteiger partial charge in [-0.3, -0.25) is 0 Å². The fraction of sp³-hybridized carbons (Fsp3) is 1.00. The second-order valence-electron chi connectivity index (χ2n) is 4.86. The monoisotopic (exact) mass is 313 g/mol. The first kappa shape index (κ1) is 16.8. The van der Waals surface area contributed by atoms with E-state index in [0.717, 1.165) is 32.2 Å². The van der Waals surface area contributed by atoms with Gasteiger partial charge < -0.3 is 5.32 Å². The molecule has 1 heterocycles. The van der Waals surface area contributed by atoms with Crippen molar-refractivity contribution in [3.8, 4) is 0 Å². The van der Waals surface area contributed by atoms with Crippen LogP contribution in [0.5, 0.6) is 0 Å². The summed E-state index contributed by atoms with van der Waals surface area (Å²) in [4.78, 5) is 0. The first-order valence-corrected chi connectivity index (χ1v) is 9.95. The molecule has 0 aromatic carbocycles. The summed E-state index contributed by atoms with van der Waals surface area (Å²) < 4.78 is 49.6. The van der Waals surface area contributed by atoms with Crippen molar-refractivity contribution < 1.29 is 16.8 Å². The van der Waals surface area contributed by atoms with Gasteiger partial charge in [-0.1, -0.05) is 0 Å². The van der Waals surface area contributed by atoms with Crippen LogP contribution in [0.2, 0.25) is 0 Å². The van der Waals surface area contributed by atoms with Gasteiger partial charge in [0.25, 0.3) is 0 Å². The van der Waals surface area contributed by atoms with Crippen LogP contribution in [0, 0.1) is 5.92 Å². The summed E-state index contributed by atoms with van der Waals surface area (Å²) in [5, 5.41) is 3.24. The number of rotatable bonds is 8.